The Kier molecular flexibility index (Phi) is 2.46. The van der Waals surface area contributed by atoms with Gasteiger partial charge >= 0.3 is 0 Å². The highest BCUT2D eigenvalue weighted by molar-refractivity contribution is 9.11. The van der Waals surface area contributed by atoms with Crippen LogP contribution in [-0.2, 0) is 0 Å². The molecule has 0 radical (unpaired) electrons. The van der Waals surface area contributed by atoms with E-state index in [2.05, 4.69) is 41.8 Å². The molecule has 0 aliphatic rings. The average molecular weight is 303 g/mol. The molecule has 0 atom stereocenters. The van der Waals surface area contributed by atoms with Crippen molar-refractivity contribution in [3.63, 3.8) is 0 Å². The van der Waals surface area contributed by atoms with E-state index >= 15 is 0 Å². The largest absolute Gasteiger partial charge is 0.292 e. The van der Waals surface area contributed by atoms with Crippen molar-refractivity contribution in [2.75, 3.05) is 0 Å². The van der Waals surface area contributed by atoms with Crippen molar-refractivity contribution in [2.45, 2.75) is 0 Å². The Bertz CT molecular complexity index is 411. The molecule has 13 heavy (non-hydrogen) atoms. The monoisotopic (exact) mass is 301 g/mol. The third-order valence-corrected chi connectivity index (χ3v) is 2.50. The van der Waals surface area contributed by atoms with Gasteiger partial charge in [0.1, 0.15) is 4.60 Å². The van der Waals surface area contributed by atoms with Gasteiger partial charge in [0.05, 0.1) is 11.9 Å². The van der Waals surface area contributed by atoms with Gasteiger partial charge in [0.15, 0.2) is 4.73 Å². The first kappa shape index (κ1) is 8.90. The second-order valence-corrected chi connectivity index (χ2v) is 3.94. The zero-order chi connectivity index (χ0) is 9.26. The highest BCUT2D eigenvalue weighted by Crippen LogP contribution is 2.19. The average Bonchev–Trinajstić information content (AvgIpc) is 2.47. The first-order valence-electron chi connectivity index (χ1n) is 3.58. The van der Waals surface area contributed by atoms with Gasteiger partial charge in [0.25, 0.3) is 0 Å². The second kappa shape index (κ2) is 3.59. The molecule has 0 N–H and O–H groups in total. The Labute approximate surface area is 92.1 Å². The van der Waals surface area contributed by atoms with Crippen LogP contribution in [0.4, 0.5) is 0 Å². The van der Waals surface area contributed by atoms with E-state index in [0.717, 1.165) is 15.0 Å². The van der Waals surface area contributed by atoms with E-state index in [4.69, 9.17) is 0 Å². The van der Waals surface area contributed by atoms with E-state index in [1.165, 1.54) is 0 Å². The molecule has 0 saturated carbocycles. The summed E-state index contributed by atoms with van der Waals surface area (Å²) in [5.74, 6) is 0. The lowest BCUT2D eigenvalue weighted by Gasteiger charge is -2.00. The fraction of sp³-hybridized carbons (Fsp3) is 0. The van der Waals surface area contributed by atoms with Gasteiger partial charge < -0.3 is 0 Å². The summed E-state index contributed by atoms with van der Waals surface area (Å²) in [7, 11) is 0. The van der Waals surface area contributed by atoms with E-state index in [9.17, 15) is 0 Å². The molecule has 0 unspecified atom stereocenters. The van der Waals surface area contributed by atoms with Gasteiger partial charge in [-0.1, -0.05) is 0 Å². The molecule has 2 aromatic heterocycles. The molecule has 2 rings (SSSR count). The lowest BCUT2D eigenvalue weighted by Crippen LogP contribution is -1.92. The fourth-order valence-corrected chi connectivity index (χ4v) is 2.12. The summed E-state index contributed by atoms with van der Waals surface area (Å²) >= 11 is 6.65. The maximum atomic E-state index is 4.16. The summed E-state index contributed by atoms with van der Waals surface area (Å²) in [6.07, 6.45) is 5.39. The predicted molar refractivity (Wildman–Crippen MR) is 56.8 cm³/mol. The van der Waals surface area contributed by atoms with E-state index in [-0.39, 0.29) is 0 Å². The van der Waals surface area contributed by atoms with Gasteiger partial charge in [-0.25, -0.2) is 4.98 Å². The quantitative estimate of drug-likeness (QED) is 0.811. The molecule has 0 fully saturated rings. The fourth-order valence-electron chi connectivity index (χ4n) is 1.01. The first-order valence-corrected chi connectivity index (χ1v) is 5.17. The zero-order valence-electron chi connectivity index (χ0n) is 6.48. The molecule has 0 bridgehead atoms. The molecule has 0 saturated heterocycles. The Morgan fingerprint density at radius 3 is 2.69 bits per heavy atom. The van der Waals surface area contributed by atoms with Crippen molar-refractivity contribution in [1.82, 2.24) is 14.5 Å². The van der Waals surface area contributed by atoms with Crippen molar-refractivity contribution >= 4 is 31.9 Å². The van der Waals surface area contributed by atoms with Crippen molar-refractivity contribution in [3.8, 4) is 5.69 Å². The molecule has 0 spiro atoms. The highest BCUT2D eigenvalue weighted by Gasteiger charge is 2.04. The van der Waals surface area contributed by atoms with Crippen LogP contribution in [0.15, 0.2) is 40.1 Å². The summed E-state index contributed by atoms with van der Waals surface area (Å²) in [5.41, 5.74) is 0.979. The van der Waals surface area contributed by atoms with Crippen molar-refractivity contribution in [2.24, 2.45) is 0 Å². The summed E-state index contributed by atoms with van der Waals surface area (Å²) in [5, 5.41) is 0. The molecule has 0 aromatic carbocycles. The first-order chi connectivity index (χ1) is 6.27. The van der Waals surface area contributed by atoms with Gasteiger partial charge in [-0.3, -0.25) is 9.55 Å². The number of aromatic nitrogens is 3. The normalized spacial score (nSPS) is 10.3. The molecular weight excluding hydrogens is 298 g/mol. The second-order valence-electron chi connectivity index (χ2n) is 2.41. The Morgan fingerprint density at radius 2 is 2.15 bits per heavy atom. The number of hydrogen-bond donors (Lipinski definition) is 0. The number of halogens is 2. The van der Waals surface area contributed by atoms with Gasteiger partial charge in [-0.05, 0) is 44.0 Å². The minimum atomic E-state index is 0.757. The van der Waals surface area contributed by atoms with Crippen molar-refractivity contribution < 1.29 is 0 Å². The van der Waals surface area contributed by atoms with Crippen LogP contribution in [0.1, 0.15) is 0 Å². The molecule has 0 aliphatic carbocycles. The molecule has 0 aliphatic heterocycles. The van der Waals surface area contributed by atoms with Gasteiger partial charge in [0, 0.05) is 12.4 Å². The van der Waals surface area contributed by atoms with Crippen LogP contribution in [0.5, 0.6) is 0 Å². The third-order valence-electron chi connectivity index (χ3n) is 1.56. The van der Waals surface area contributed by atoms with Crippen molar-refractivity contribution in [1.29, 1.82) is 0 Å². The molecule has 2 aromatic rings. The minimum Gasteiger partial charge on any atom is -0.292 e. The number of rotatable bonds is 1. The van der Waals surface area contributed by atoms with Crippen molar-refractivity contribution in [3.05, 3.63) is 40.1 Å². The Morgan fingerprint density at radius 1 is 1.31 bits per heavy atom. The van der Waals surface area contributed by atoms with Crippen LogP contribution < -0.4 is 0 Å². The smallest absolute Gasteiger partial charge is 0.182 e. The Hall–Kier alpha value is -0.680. The highest BCUT2D eigenvalue weighted by atomic mass is 79.9. The topological polar surface area (TPSA) is 30.7 Å². The number of imidazole rings is 1. The van der Waals surface area contributed by atoms with Crippen LogP contribution in [0.3, 0.4) is 0 Å². The van der Waals surface area contributed by atoms with Crippen LogP contribution in [-0.4, -0.2) is 14.5 Å². The summed E-state index contributed by atoms with van der Waals surface area (Å²) in [4.78, 5) is 8.18. The summed E-state index contributed by atoms with van der Waals surface area (Å²) in [6, 6.07) is 3.85. The molecule has 0 amide bonds. The predicted octanol–water partition coefficient (Wildman–Crippen LogP) is 2.79. The number of hydrogen-bond acceptors (Lipinski definition) is 2. The maximum absolute atomic E-state index is 4.16. The lowest BCUT2D eigenvalue weighted by atomic mass is 10.4. The standard InChI is InChI=1S/C8H5Br2N3/c9-7-5-13(8(10)12-7)6-2-1-3-11-4-6/h1-5H. The van der Waals surface area contributed by atoms with E-state index < -0.39 is 0 Å². The van der Waals surface area contributed by atoms with Crippen LogP contribution in [0.2, 0.25) is 0 Å². The summed E-state index contributed by atoms with van der Waals surface area (Å²) in [6.45, 7) is 0. The van der Waals surface area contributed by atoms with Gasteiger partial charge in [-0.15, -0.1) is 0 Å². The van der Waals surface area contributed by atoms with E-state index in [1.54, 1.807) is 12.4 Å². The van der Waals surface area contributed by atoms with E-state index in [1.807, 2.05) is 22.9 Å². The molecule has 3 nitrogen and oxygen atoms in total. The zero-order valence-corrected chi connectivity index (χ0v) is 9.66. The number of nitrogens with zero attached hydrogens (tertiary/aromatic N) is 3. The number of pyridine rings is 1. The molecule has 66 valence electrons. The van der Waals surface area contributed by atoms with Crippen LogP contribution in [0, 0.1) is 0 Å². The van der Waals surface area contributed by atoms with Crippen LogP contribution in [0.25, 0.3) is 5.69 Å². The molecular formula is C8H5Br2N3. The van der Waals surface area contributed by atoms with Gasteiger partial charge in [-0.2, -0.15) is 0 Å². The molecule has 2 heterocycles. The van der Waals surface area contributed by atoms with E-state index in [0.29, 0.717) is 0 Å². The third kappa shape index (κ3) is 1.81. The Balaban J connectivity index is 2.53. The molecule has 5 heteroatoms. The SMILES string of the molecule is Brc1cn(-c2cccnc2)c(Br)n1. The summed E-state index contributed by atoms with van der Waals surface area (Å²) < 4.78 is 3.45. The maximum Gasteiger partial charge on any atom is 0.182 e. The van der Waals surface area contributed by atoms with Crippen LogP contribution >= 0.6 is 31.9 Å². The lowest BCUT2D eigenvalue weighted by molar-refractivity contribution is 1.00. The van der Waals surface area contributed by atoms with Gasteiger partial charge in [0.2, 0.25) is 0 Å². The minimum absolute atomic E-state index is 0.757.